The van der Waals surface area contributed by atoms with Crippen LogP contribution in [0.1, 0.15) is 22.9 Å². The molecule has 0 spiro atoms. The van der Waals surface area contributed by atoms with Gasteiger partial charge in [-0.25, -0.2) is 0 Å². The number of ether oxygens (including phenoxy) is 1. The summed E-state index contributed by atoms with van der Waals surface area (Å²) in [6.45, 7) is 2.30. The number of rotatable bonds is 6. The molecule has 2 heterocycles. The molecule has 1 saturated heterocycles. The quantitative estimate of drug-likeness (QED) is 0.622. The molecule has 30 heavy (non-hydrogen) atoms. The maximum atomic E-state index is 12.5. The van der Waals surface area contributed by atoms with Crippen molar-refractivity contribution in [1.29, 1.82) is 0 Å². The Morgan fingerprint density at radius 3 is 2.83 bits per heavy atom. The van der Waals surface area contributed by atoms with E-state index in [1.807, 2.05) is 37.3 Å². The Morgan fingerprint density at radius 1 is 1.27 bits per heavy atom. The minimum atomic E-state index is -0.319. The lowest BCUT2D eigenvalue weighted by molar-refractivity contribution is -0.118. The molecule has 7 nitrogen and oxygen atoms in total. The van der Waals surface area contributed by atoms with Gasteiger partial charge < -0.3 is 9.64 Å². The van der Waals surface area contributed by atoms with Crippen molar-refractivity contribution in [3.05, 3.63) is 64.1 Å². The summed E-state index contributed by atoms with van der Waals surface area (Å²) >= 11 is 7.47. The normalized spacial score (nSPS) is 16.0. The van der Waals surface area contributed by atoms with Gasteiger partial charge in [0.15, 0.2) is 6.61 Å². The van der Waals surface area contributed by atoms with Gasteiger partial charge in [-0.3, -0.25) is 14.9 Å². The lowest BCUT2D eigenvalue weighted by atomic mass is 10.1. The summed E-state index contributed by atoms with van der Waals surface area (Å²) in [5.74, 6) is 0.226. The van der Waals surface area contributed by atoms with E-state index in [4.69, 9.17) is 16.3 Å². The highest BCUT2D eigenvalue weighted by Gasteiger charge is 2.34. The Hall–Kier alpha value is -2.97. The fourth-order valence-electron chi connectivity index (χ4n) is 3.14. The number of para-hydroxylation sites is 1. The number of amides is 2. The minimum absolute atomic E-state index is 0.0111. The van der Waals surface area contributed by atoms with Gasteiger partial charge in [-0.1, -0.05) is 47.2 Å². The Kier molecular flexibility index (Phi) is 5.96. The van der Waals surface area contributed by atoms with Crippen molar-refractivity contribution in [1.82, 2.24) is 10.2 Å². The molecule has 1 aliphatic rings. The summed E-state index contributed by atoms with van der Waals surface area (Å²) in [4.78, 5) is 26.3. The van der Waals surface area contributed by atoms with Crippen LogP contribution < -0.4 is 15.0 Å². The number of nitrogens with one attached hydrogen (secondary N) is 1. The van der Waals surface area contributed by atoms with E-state index in [-0.39, 0.29) is 24.3 Å². The molecule has 2 amide bonds. The number of carbonyl (C=O) groups excluding carboxylic acids is 2. The fraction of sp³-hybridized carbons (Fsp3) is 0.238. The molecule has 2 aromatic carbocycles. The van der Waals surface area contributed by atoms with Crippen LogP contribution in [-0.4, -0.2) is 35.2 Å². The smallest absolute Gasteiger partial charge is 0.264 e. The van der Waals surface area contributed by atoms with Gasteiger partial charge in [-0.2, -0.15) is 0 Å². The maximum Gasteiger partial charge on any atom is 0.264 e. The molecule has 0 unspecified atom stereocenters. The van der Waals surface area contributed by atoms with Gasteiger partial charge in [0.05, 0.1) is 0 Å². The van der Waals surface area contributed by atoms with Crippen molar-refractivity contribution >= 4 is 45.6 Å². The third-order valence-corrected chi connectivity index (χ3v) is 6.15. The summed E-state index contributed by atoms with van der Waals surface area (Å²) in [6.07, 6.45) is 0.338. The number of hydrogen-bond acceptors (Lipinski definition) is 6. The summed E-state index contributed by atoms with van der Waals surface area (Å²) in [7, 11) is 0. The van der Waals surface area contributed by atoms with Crippen LogP contribution in [-0.2, 0) is 9.59 Å². The first-order valence-electron chi connectivity index (χ1n) is 9.37. The van der Waals surface area contributed by atoms with E-state index in [0.29, 0.717) is 33.9 Å². The van der Waals surface area contributed by atoms with Gasteiger partial charge in [-0.15, -0.1) is 10.2 Å². The molecular formula is C21H19ClN4O3S. The van der Waals surface area contributed by atoms with E-state index in [0.717, 1.165) is 11.3 Å². The number of anilines is 2. The minimum Gasteiger partial charge on any atom is -0.484 e. The summed E-state index contributed by atoms with van der Waals surface area (Å²) in [5.41, 5.74) is 1.73. The average molecular weight is 443 g/mol. The van der Waals surface area contributed by atoms with E-state index >= 15 is 0 Å². The number of carbonyl (C=O) groups is 2. The van der Waals surface area contributed by atoms with E-state index in [2.05, 4.69) is 15.5 Å². The highest BCUT2D eigenvalue weighted by Crippen LogP contribution is 2.35. The molecule has 3 aromatic rings. The first-order chi connectivity index (χ1) is 14.5. The predicted octanol–water partition coefficient (Wildman–Crippen LogP) is 4.04. The molecule has 1 N–H and O–H groups in total. The van der Waals surface area contributed by atoms with Gasteiger partial charge in [0.1, 0.15) is 10.8 Å². The van der Waals surface area contributed by atoms with Crippen molar-refractivity contribution < 1.29 is 14.3 Å². The van der Waals surface area contributed by atoms with Gasteiger partial charge in [-0.05, 0) is 36.8 Å². The van der Waals surface area contributed by atoms with Crippen LogP contribution in [0.3, 0.4) is 0 Å². The maximum absolute atomic E-state index is 12.5. The summed E-state index contributed by atoms with van der Waals surface area (Å²) in [5, 5.41) is 12.6. The Balaban J connectivity index is 1.36. The second kappa shape index (κ2) is 8.81. The van der Waals surface area contributed by atoms with Crippen molar-refractivity contribution in [3.63, 3.8) is 0 Å². The molecule has 0 bridgehead atoms. The van der Waals surface area contributed by atoms with Crippen molar-refractivity contribution in [2.75, 3.05) is 23.4 Å². The fourth-order valence-corrected chi connectivity index (χ4v) is 4.17. The number of aromatic nitrogens is 2. The highest BCUT2D eigenvalue weighted by molar-refractivity contribution is 7.15. The van der Waals surface area contributed by atoms with Crippen molar-refractivity contribution in [2.45, 2.75) is 19.3 Å². The zero-order chi connectivity index (χ0) is 21.1. The van der Waals surface area contributed by atoms with Crippen LogP contribution in [0.4, 0.5) is 10.8 Å². The van der Waals surface area contributed by atoms with E-state index < -0.39 is 0 Å². The monoisotopic (exact) mass is 442 g/mol. The van der Waals surface area contributed by atoms with Gasteiger partial charge >= 0.3 is 0 Å². The number of benzene rings is 2. The molecule has 1 fully saturated rings. The molecule has 1 atom stereocenters. The first-order valence-corrected chi connectivity index (χ1v) is 10.6. The molecular weight excluding hydrogens is 424 g/mol. The molecule has 9 heteroatoms. The SMILES string of the molecule is Cc1ccc(N2C[C@H](c3nnc(NC(=O)COc4ccccc4)s3)CC2=O)cc1Cl. The van der Waals surface area contributed by atoms with Crippen LogP contribution in [0.25, 0.3) is 0 Å². The van der Waals surface area contributed by atoms with Crippen LogP contribution in [0, 0.1) is 6.92 Å². The standard InChI is InChI=1S/C21H19ClN4O3S/c1-13-7-8-15(10-17(13)22)26-11-14(9-19(26)28)20-24-25-21(30-20)23-18(27)12-29-16-5-3-2-4-6-16/h2-8,10,14H,9,11-12H2,1H3,(H,23,25,27)/t14-/m1/s1. The summed E-state index contributed by atoms with van der Waals surface area (Å²) < 4.78 is 5.42. The third-order valence-electron chi connectivity index (χ3n) is 4.74. The van der Waals surface area contributed by atoms with Crippen LogP contribution in [0.15, 0.2) is 48.5 Å². The van der Waals surface area contributed by atoms with Gasteiger partial charge in [0, 0.05) is 29.6 Å². The third kappa shape index (κ3) is 4.60. The van der Waals surface area contributed by atoms with Crippen LogP contribution in [0.5, 0.6) is 5.75 Å². The Bertz CT molecular complexity index is 1070. The predicted molar refractivity (Wildman–Crippen MR) is 116 cm³/mol. The van der Waals surface area contributed by atoms with Crippen molar-refractivity contribution in [2.24, 2.45) is 0 Å². The second-order valence-electron chi connectivity index (χ2n) is 6.93. The number of halogens is 1. The number of nitrogens with zero attached hydrogens (tertiary/aromatic N) is 3. The topological polar surface area (TPSA) is 84.4 Å². The molecule has 1 aromatic heterocycles. The lowest BCUT2D eigenvalue weighted by Crippen LogP contribution is -2.24. The van der Waals surface area contributed by atoms with Crippen LogP contribution in [0.2, 0.25) is 5.02 Å². The molecule has 0 aliphatic carbocycles. The van der Waals surface area contributed by atoms with E-state index in [9.17, 15) is 9.59 Å². The molecule has 0 saturated carbocycles. The van der Waals surface area contributed by atoms with Gasteiger partial charge in [0.25, 0.3) is 5.91 Å². The number of hydrogen-bond donors (Lipinski definition) is 1. The second-order valence-corrected chi connectivity index (χ2v) is 8.35. The van der Waals surface area contributed by atoms with Crippen molar-refractivity contribution in [3.8, 4) is 5.75 Å². The Labute approximate surface area is 182 Å². The first kappa shape index (κ1) is 20.3. The largest absolute Gasteiger partial charge is 0.484 e. The zero-order valence-corrected chi connectivity index (χ0v) is 17.7. The highest BCUT2D eigenvalue weighted by atomic mass is 35.5. The Morgan fingerprint density at radius 2 is 2.07 bits per heavy atom. The molecule has 4 rings (SSSR count). The molecule has 1 aliphatic heterocycles. The zero-order valence-electron chi connectivity index (χ0n) is 16.2. The van der Waals surface area contributed by atoms with E-state index in [1.54, 1.807) is 23.1 Å². The number of aryl methyl sites for hydroxylation is 1. The van der Waals surface area contributed by atoms with E-state index in [1.165, 1.54) is 11.3 Å². The van der Waals surface area contributed by atoms with Gasteiger partial charge in [0.2, 0.25) is 11.0 Å². The average Bonchev–Trinajstić information content (AvgIpc) is 3.36. The molecule has 0 radical (unpaired) electrons. The summed E-state index contributed by atoms with van der Waals surface area (Å²) in [6, 6.07) is 14.7. The van der Waals surface area contributed by atoms with Crippen LogP contribution >= 0.6 is 22.9 Å². The molecule has 154 valence electrons. The lowest BCUT2D eigenvalue weighted by Gasteiger charge is -2.17.